The summed E-state index contributed by atoms with van der Waals surface area (Å²) in [5.41, 5.74) is 4.06. The van der Waals surface area contributed by atoms with Crippen LogP contribution in [0.5, 0.6) is 0 Å². The van der Waals surface area contributed by atoms with Crippen LogP contribution < -0.4 is 0 Å². The standard InChI is InChI=1S/C17H14N4OS/c1-12-5-7-13(8-6-12)16-19-20-17(22-16)23-11-14-10-21-9-3-2-4-15(21)18-14/h2-10H,11H2,1H3. The molecule has 1 aromatic carbocycles. The molecule has 0 spiro atoms. The van der Waals surface area contributed by atoms with Gasteiger partial charge in [0, 0.05) is 23.7 Å². The van der Waals surface area contributed by atoms with E-state index in [-0.39, 0.29) is 0 Å². The van der Waals surface area contributed by atoms with Crippen LogP contribution in [-0.2, 0) is 5.75 Å². The molecule has 0 fully saturated rings. The molecule has 23 heavy (non-hydrogen) atoms. The van der Waals surface area contributed by atoms with E-state index < -0.39 is 0 Å². The summed E-state index contributed by atoms with van der Waals surface area (Å²) in [6, 6.07) is 14.0. The summed E-state index contributed by atoms with van der Waals surface area (Å²) < 4.78 is 7.71. The van der Waals surface area contributed by atoms with Gasteiger partial charge in [0.2, 0.25) is 5.89 Å². The lowest BCUT2D eigenvalue weighted by Crippen LogP contribution is -1.79. The van der Waals surface area contributed by atoms with Crippen molar-refractivity contribution in [1.29, 1.82) is 0 Å². The maximum Gasteiger partial charge on any atom is 0.277 e. The molecule has 4 rings (SSSR count). The van der Waals surface area contributed by atoms with Crippen LogP contribution >= 0.6 is 11.8 Å². The number of pyridine rings is 1. The number of hydrogen-bond donors (Lipinski definition) is 0. The van der Waals surface area contributed by atoms with Gasteiger partial charge in [-0.05, 0) is 31.2 Å². The summed E-state index contributed by atoms with van der Waals surface area (Å²) in [6.07, 6.45) is 4.00. The number of nitrogens with zero attached hydrogens (tertiary/aromatic N) is 4. The predicted molar refractivity (Wildman–Crippen MR) is 89.2 cm³/mol. The van der Waals surface area contributed by atoms with E-state index in [2.05, 4.69) is 15.2 Å². The number of fused-ring (bicyclic) bond motifs is 1. The average molecular weight is 322 g/mol. The Morgan fingerprint density at radius 1 is 1.09 bits per heavy atom. The first-order valence-electron chi connectivity index (χ1n) is 7.24. The Morgan fingerprint density at radius 3 is 2.78 bits per heavy atom. The van der Waals surface area contributed by atoms with E-state index >= 15 is 0 Å². The molecule has 0 N–H and O–H groups in total. The second-order valence-electron chi connectivity index (χ2n) is 5.23. The molecule has 6 heteroatoms. The molecule has 0 aliphatic rings. The van der Waals surface area contributed by atoms with Gasteiger partial charge in [-0.25, -0.2) is 4.98 Å². The van der Waals surface area contributed by atoms with Crippen LogP contribution in [0.25, 0.3) is 17.1 Å². The molecule has 0 aliphatic carbocycles. The quantitative estimate of drug-likeness (QED) is 0.532. The summed E-state index contributed by atoms with van der Waals surface area (Å²) in [5, 5.41) is 8.76. The molecule has 3 aromatic heterocycles. The predicted octanol–water partition coefficient (Wildman–Crippen LogP) is 3.99. The van der Waals surface area contributed by atoms with Crippen LogP contribution in [0, 0.1) is 6.92 Å². The minimum absolute atomic E-state index is 0.544. The van der Waals surface area contributed by atoms with Crippen molar-refractivity contribution in [3.63, 3.8) is 0 Å². The number of hydrogen-bond acceptors (Lipinski definition) is 5. The van der Waals surface area contributed by atoms with E-state index in [0.717, 1.165) is 16.9 Å². The van der Waals surface area contributed by atoms with Crippen molar-refractivity contribution in [3.05, 3.63) is 66.1 Å². The summed E-state index contributed by atoms with van der Waals surface area (Å²) in [6.45, 7) is 2.05. The largest absolute Gasteiger partial charge is 0.411 e. The van der Waals surface area contributed by atoms with Gasteiger partial charge in [0.1, 0.15) is 5.65 Å². The SMILES string of the molecule is Cc1ccc(-c2nnc(SCc3cn4ccccc4n3)o2)cc1. The zero-order valence-electron chi connectivity index (χ0n) is 12.5. The van der Waals surface area contributed by atoms with Crippen LogP contribution in [0.2, 0.25) is 0 Å². The summed E-state index contributed by atoms with van der Waals surface area (Å²) in [7, 11) is 0. The zero-order valence-corrected chi connectivity index (χ0v) is 13.3. The molecule has 0 unspecified atom stereocenters. The van der Waals surface area contributed by atoms with Crippen LogP contribution in [0.4, 0.5) is 0 Å². The Bertz CT molecular complexity index is 910. The van der Waals surface area contributed by atoms with Gasteiger partial charge >= 0.3 is 0 Å². The van der Waals surface area contributed by atoms with E-state index in [1.807, 2.05) is 66.2 Å². The molecule has 0 saturated heterocycles. The lowest BCUT2D eigenvalue weighted by Gasteiger charge is -1.95. The molecule has 5 nitrogen and oxygen atoms in total. The first kappa shape index (κ1) is 14.0. The fourth-order valence-corrected chi connectivity index (χ4v) is 2.92. The average Bonchev–Trinajstić information content (AvgIpc) is 3.20. The van der Waals surface area contributed by atoms with E-state index in [0.29, 0.717) is 16.9 Å². The number of rotatable bonds is 4. The van der Waals surface area contributed by atoms with E-state index in [9.17, 15) is 0 Å². The van der Waals surface area contributed by atoms with Gasteiger partial charge in [-0.2, -0.15) is 0 Å². The summed E-state index contributed by atoms with van der Waals surface area (Å²) in [4.78, 5) is 4.55. The van der Waals surface area contributed by atoms with Crippen molar-refractivity contribution >= 4 is 17.4 Å². The molecule has 3 heterocycles. The molecular formula is C17H14N4OS. The Morgan fingerprint density at radius 2 is 1.96 bits per heavy atom. The normalized spacial score (nSPS) is 11.2. The Balaban J connectivity index is 1.48. The third kappa shape index (κ3) is 2.98. The van der Waals surface area contributed by atoms with Gasteiger partial charge in [-0.3, -0.25) is 0 Å². The van der Waals surface area contributed by atoms with Crippen LogP contribution in [0.1, 0.15) is 11.3 Å². The van der Waals surface area contributed by atoms with Crippen molar-refractivity contribution in [2.24, 2.45) is 0 Å². The van der Waals surface area contributed by atoms with Gasteiger partial charge in [0.05, 0.1) is 5.69 Å². The van der Waals surface area contributed by atoms with Crippen LogP contribution in [-0.4, -0.2) is 19.6 Å². The number of aromatic nitrogens is 4. The monoisotopic (exact) mass is 322 g/mol. The van der Waals surface area contributed by atoms with Gasteiger partial charge in [-0.15, -0.1) is 10.2 Å². The lowest BCUT2D eigenvalue weighted by atomic mass is 10.1. The molecule has 0 amide bonds. The highest BCUT2D eigenvalue weighted by atomic mass is 32.2. The highest BCUT2D eigenvalue weighted by Crippen LogP contribution is 2.25. The molecule has 0 saturated carbocycles. The molecule has 0 atom stereocenters. The van der Waals surface area contributed by atoms with E-state index in [1.54, 1.807) is 0 Å². The number of thioether (sulfide) groups is 1. The van der Waals surface area contributed by atoms with Crippen LogP contribution in [0.15, 0.2) is 64.5 Å². The van der Waals surface area contributed by atoms with E-state index in [1.165, 1.54) is 17.3 Å². The van der Waals surface area contributed by atoms with Crippen molar-refractivity contribution in [2.45, 2.75) is 17.9 Å². The third-order valence-corrected chi connectivity index (χ3v) is 4.31. The van der Waals surface area contributed by atoms with Crippen LogP contribution in [0.3, 0.4) is 0 Å². The van der Waals surface area contributed by atoms with Gasteiger partial charge < -0.3 is 8.82 Å². The second-order valence-corrected chi connectivity index (χ2v) is 6.15. The minimum Gasteiger partial charge on any atom is -0.411 e. The molecule has 4 aromatic rings. The van der Waals surface area contributed by atoms with Crippen molar-refractivity contribution in [1.82, 2.24) is 19.6 Å². The fraction of sp³-hybridized carbons (Fsp3) is 0.118. The minimum atomic E-state index is 0.544. The summed E-state index contributed by atoms with van der Waals surface area (Å²) in [5.74, 6) is 1.24. The fourth-order valence-electron chi connectivity index (χ4n) is 2.27. The number of benzene rings is 1. The van der Waals surface area contributed by atoms with Crippen molar-refractivity contribution in [3.8, 4) is 11.5 Å². The van der Waals surface area contributed by atoms with Gasteiger partial charge in [-0.1, -0.05) is 35.5 Å². The molecule has 0 radical (unpaired) electrons. The van der Waals surface area contributed by atoms with Gasteiger partial charge in [0.25, 0.3) is 5.22 Å². The zero-order chi connectivity index (χ0) is 15.6. The molecule has 114 valence electrons. The third-order valence-electron chi connectivity index (χ3n) is 3.46. The second kappa shape index (κ2) is 5.89. The maximum absolute atomic E-state index is 5.71. The molecular weight excluding hydrogens is 308 g/mol. The first-order chi connectivity index (χ1) is 11.3. The smallest absolute Gasteiger partial charge is 0.277 e. The Hall–Kier alpha value is -2.60. The number of aryl methyl sites for hydroxylation is 1. The molecule has 0 aliphatic heterocycles. The lowest BCUT2D eigenvalue weighted by molar-refractivity contribution is 0.466. The van der Waals surface area contributed by atoms with Crippen molar-refractivity contribution < 1.29 is 4.42 Å². The highest BCUT2D eigenvalue weighted by Gasteiger charge is 2.10. The number of imidazole rings is 1. The molecule has 0 bridgehead atoms. The van der Waals surface area contributed by atoms with E-state index in [4.69, 9.17) is 4.42 Å². The van der Waals surface area contributed by atoms with Gasteiger partial charge in [0.15, 0.2) is 0 Å². The Labute approximate surface area is 137 Å². The summed E-state index contributed by atoms with van der Waals surface area (Å²) >= 11 is 1.49. The Kier molecular flexibility index (Phi) is 3.59. The topological polar surface area (TPSA) is 56.2 Å². The maximum atomic E-state index is 5.71. The van der Waals surface area contributed by atoms with Crippen molar-refractivity contribution in [2.75, 3.05) is 0 Å². The first-order valence-corrected chi connectivity index (χ1v) is 8.22. The highest BCUT2D eigenvalue weighted by molar-refractivity contribution is 7.98.